The molecule has 0 aliphatic rings. The highest BCUT2D eigenvalue weighted by Gasteiger charge is 2.76. The first-order chi connectivity index (χ1) is 11.0. The minimum atomic E-state index is -6.40. The highest BCUT2D eigenvalue weighted by molar-refractivity contribution is 6.32. The van der Waals surface area contributed by atoms with Crippen LogP contribution >= 0.6 is 0 Å². The molecule has 0 aliphatic heterocycles. The summed E-state index contributed by atoms with van der Waals surface area (Å²) < 4.78 is 130. The summed E-state index contributed by atoms with van der Waals surface area (Å²) >= 11 is 0. The van der Waals surface area contributed by atoms with E-state index in [1.165, 1.54) is 0 Å². The fraction of sp³-hybridized carbons (Fsp3) is 1.00. The topological polar surface area (TPSA) is 49.7 Å². The quantitative estimate of drug-likeness (QED) is 0.315. The van der Waals surface area contributed by atoms with Gasteiger partial charge in [-0.1, -0.05) is 19.3 Å². The Morgan fingerprint density at radius 2 is 1.28 bits per heavy atom. The second kappa shape index (κ2) is 8.76. The summed E-state index contributed by atoms with van der Waals surface area (Å²) in [6, 6.07) is 0. The van der Waals surface area contributed by atoms with Gasteiger partial charge in [-0.15, -0.1) is 0 Å². The van der Waals surface area contributed by atoms with Crippen molar-refractivity contribution in [3.8, 4) is 0 Å². The van der Waals surface area contributed by atoms with E-state index in [1.54, 1.807) is 0 Å². The van der Waals surface area contributed by atoms with Crippen molar-refractivity contribution in [3.63, 3.8) is 0 Å². The first kappa shape index (κ1) is 24.2. The molecule has 1 atom stereocenters. The van der Waals surface area contributed by atoms with E-state index < -0.39 is 56.9 Å². The Morgan fingerprint density at radius 1 is 0.800 bits per heavy atom. The predicted octanol–water partition coefficient (Wildman–Crippen LogP) is 4.08. The Hall–Kier alpha value is -0.755. The van der Waals surface area contributed by atoms with Crippen molar-refractivity contribution in [1.29, 1.82) is 0 Å². The standard InChI is InChI=1S/C11H15BF10O3/c13-7(5-3-1-2-4-6-8(14,15)16)9(17,18)10(19,20)11(21,22)25-12(23)24/h7,23-24H,1-6H2. The maximum Gasteiger partial charge on any atom is 0.638 e. The lowest BCUT2D eigenvalue weighted by molar-refractivity contribution is -0.388. The van der Waals surface area contributed by atoms with Gasteiger partial charge in [0, 0.05) is 6.42 Å². The van der Waals surface area contributed by atoms with E-state index in [2.05, 4.69) is 4.65 Å². The minimum absolute atomic E-state index is 0.149. The van der Waals surface area contributed by atoms with E-state index in [0.717, 1.165) is 0 Å². The van der Waals surface area contributed by atoms with Crippen LogP contribution < -0.4 is 0 Å². The molecular weight excluding hydrogens is 381 g/mol. The molecule has 0 amide bonds. The van der Waals surface area contributed by atoms with Gasteiger partial charge in [-0.25, -0.2) is 4.39 Å². The number of rotatable bonds is 11. The molecule has 0 aromatic heterocycles. The third-order valence-corrected chi connectivity index (χ3v) is 3.10. The van der Waals surface area contributed by atoms with Gasteiger partial charge in [0.1, 0.15) is 0 Å². The molecule has 14 heteroatoms. The molecule has 1 unspecified atom stereocenters. The fourth-order valence-corrected chi connectivity index (χ4v) is 1.78. The maximum atomic E-state index is 13.3. The Bertz CT molecular complexity index is 402. The summed E-state index contributed by atoms with van der Waals surface area (Å²) in [5.74, 6) is -12.3. The van der Waals surface area contributed by atoms with Crippen LogP contribution in [0.4, 0.5) is 43.9 Å². The Labute approximate surface area is 136 Å². The molecule has 3 nitrogen and oxygen atoms in total. The molecule has 25 heavy (non-hydrogen) atoms. The van der Waals surface area contributed by atoms with E-state index in [0.29, 0.717) is 0 Å². The molecule has 0 spiro atoms. The fourth-order valence-electron chi connectivity index (χ4n) is 1.78. The molecule has 0 saturated carbocycles. The number of alkyl halides is 10. The second-order valence-corrected chi connectivity index (χ2v) is 5.19. The van der Waals surface area contributed by atoms with Crippen LogP contribution in [0, 0.1) is 0 Å². The van der Waals surface area contributed by atoms with Crippen LogP contribution in [0.15, 0.2) is 0 Å². The molecule has 0 fully saturated rings. The Kier molecular flexibility index (Phi) is 8.49. The van der Waals surface area contributed by atoms with E-state index >= 15 is 0 Å². The van der Waals surface area contributed by atoms with Crippen LogP contribution in [-0.4, -0.2) is 47.7 Å². The molecule has 0 aliphatic carbocycles. The third kappa shape index (κ3) is 7.17. The van der Waals surface area contributed by atoms with Crippen molar-refractivity contribution in [3.05, 3.63) is 0 Å². The van der Waals surface area contributed by atoms with E-state index in [1.807, 2.05) is 0 Å². The monoisotopic (exact) mass is 396 g/mol. The highest BCUT2D eigenvalue weighted by Crippen LogP contribution is 2.49. The number of unbranched alkanes of at least 4 members (excludes halogenated alkanes) is 3. The van der Waals surface area contributed by atoms with Gasteiger partial charge in [0.25, 0.3) is 0 Å². The van der Waals surface area contributed by atoms with Crippen molar-refractivity contribution in [2.45, 2.75) is 68.8 Å². The zero-order valence-corrected chi connectivity index (χ0v) is 12.5. The molecule has 0 bridgehead atoms. The molecule has 0 rings (SSSR count). The summed E-state index contributed by atoms with van der Waals surface area (Å²) in [5, 5.41) is 16.1. The lowest BCUT2D eigenvalue weighted by atomic mass is 9.99. The van der Waals surface area contributed by atoms with Gasteiger partial charge >= 0.3 is 31.5 Å². The molecule has 0 aromatic carbocycles. The van der Waals surface area contributed by atoms with Crippen LogP contribution in [0.1, 0.15) is 38.5 Å². The normalized spacial score (nSPS) is 15.4. The van der Waals surface area contributed by atoms with Gasteiger partial charge in [-0.05, 0) is 12.8 Å². The Balaban J connectivity index is 4.59. The van der Waals surface area contributed by atoms with Crippen molar-refractivity contribution in [1.82, 2.24) is 0 Å². The van der Waals surface area contributed by atoms with Gasteiger partial charge in [0.15, 0.2) is 6.17 Å². The SMILES string of the molecule is OB(O)OC(F)(F)C(F)(F)C(F)(F)C(F)CCCCCCC(F)(F)F. The summed E-state index contributed by atoms with van der Waals surface area (Å²) in [6.07, 6.45) is -18.0. The molecule has 150 valence electrons. The molecule has 2 N–H and O–H groups in total. The van der Waals surface area contributed by atoms with E-state index in [9.17, 15) is 43.9 Å². The van der Waals surface area contributed by atoms with Crippen LogP contribution in [0.5, 0.6) is 0 Å². The molecule has 0 saturated heterocycles. The molecule has 0 aromatic rings. The van der Waals surface area contributed by atoms with Crippen molar-refractivity contribution >= 4 is 7.32 Å². The van der Waals surface area contributed by atoms with Crippen molar-refractivity contribution in [2.75, 3.05) is 0 Å². The predicted molar refractivity (Wildman–Crippen MR) is 64.8 cm³/mol. The average molecular weight is 396 g/mol. The van der Waals surface area contributed by atoms with Crippen molar-refractivity contribution in [2.24, 2.45) is 0 Å². The van der Waals surface area contributed by atoms with Gasteiger partial charge in [-0.3, -0.25) is 0 Å². The van der Waals surface area contributed by atoms with Crippen LogP contribution in [0.25, 0.3) is 0 Å². The third-order valence-electron chi connectivity index (χ3n) is 3.10. The van der Waals surface area contributed by atoms with Gasteiger partial charge in [0.05, 0.1) is 0 Å². The Morgan fingerprint density at radius 3 is 1.72 bits per heavy atom. The highest BCUT2D eigenvalue weighted by atomic mass is 19.4. The zero-order chi connectivity index (χ0) is 20.1. The molecule has 0 heterocycles. The van der Waals surface area contributed by atoms with Crippen LogP contribution in [-0.2, 0) is 4.65 Å². The summed E-state index contributed by atoms with van der Waals surface area (Å²) in [5.41, 5.74) is 0. The summed E-state index contributed by atoms with van der Waals surface area (Å²) in [6.45, 7) is 0. The lowest BCUT2D eigenvalue weighted by Crippen LogP contribution is -2.60. The smallest absolute Gasteiger partial charge is 0.402 e. The molecule has 0 radical (unpaired) electrons. The maximum absolute atomic E-state index is 13.3. The van der Waals surface area contributed by atoms with E-state index in [4.69, 9.17) is 10.0 Å². The van der Waals surface area contributed by atoms with Crippen molar-refractivity contribution < 1.29 is 58.6 Å². The summed E-state index contributed by atoms with van der Waals surface area (Å²) in [7, 11) is -3.51. The number of halogens is 10. The minimum Gasteiger partial charge on any atom is -0.402 e. The first-order valence-electron chi connectivity index (χ1n) is 6.93. The molecular formula is C11H15BF10O3. The summed E-state index contributed by atoms with van der Waals surface area (Å²) in [4.78, 5) is 0. The van der Waals surface area contributed by atoms with Gasteiger partial charge in [-0.2, -0.15) is 39.5 Å². The lowest BCUT2D eigenvalue weighted by Gasteiger charge is -2.33. The van der Waals surface area contributed by atoms with Gasteiger partial charge < -0.3 is 14.7 Å². The zero-order valence-electron chi connectivity index (χ0n) is 12.5. The first-order valence-corrected chi connectivity index (χ1v) is 6.93. The van der Waals surface area contributed by atoms with Gasteiger partial charge in [0.2, 0.25) is 0 Å². The number of hydrogen-bond donors (Lipinski definition) is 2. The average Bonchev–Trinajstić information content (AvgIpc) is 2.39. The number of hydrogen-bond acceptors (Lipinski definition) is 3. The van der Waals surface area contributed by atoms with Crippen LogP contribution in [0.2, 0.25) is 0 Å². The van der Waals surface area contributed by atoms with E-state index in [-0.39, 0.29) is 19.3 Å². The van der Waals surface area contributed by atoms with Crippen LogP contribution in [0.3, 0.4) is 0 Å². The second-order valence-electron chi connectivity index (χ2n) is 5.19. The largest absolute Gasteiger partial charge is 0.638 e.